The molecule has 1 rings (SSSR count). The summed E-state index contributed by atoms with van der Waals surface area (Å²) >= 11 is 0. The predicted molar refractivity (Wildman–Crippen MR) is 80.8 cm³/mol. The lowest BCUT2D eigenvalue weighted by Crippen LogP contribution is -2.28. The highest BCUT2D eigenvalue weighted by atomic mass is 16.5. The normalized spacial score (nSPS) is 10.1. The third-order valence-corrected chi connectivity index (χ3v) is 2.38. The Morgan fingerprint density at radius 1 is 1.29 bits per heavy atom. The maximum Gasteiger partial charge on any atom is 0.331 e. The topological polar surface area (TPSA) is 64.6 Å². The van der Waals surface area contributed by atoms with E-state index < -0.39 is 5.97 Å². The van der Waals surface area contributed by atoms with E-state index in [1.165, 1.54) is 6.08 Å². The Labute approximate surface area is 124 Å². The zero-order valence-electron chi connectivity index (χ0n) is 12.0. The van der Waals surface area contributed by atoms with Gasteiger partial charge in [0.25, 0.3) is 5.91 Å². The van der Waals surface area contributed by atoms with E-state index in [0.717, 1.165) is 11.3 Å². The second-order valence-corrected chi connectivity index (χ2v) is 4.06. The van der Waals surface area contributed by atoms with Crippen LogP contribution in [0.3, 0.4) is 0 Å². The van der Waals surface area contributed by atoms with E-state index in [0.29, 0.717) is 13.2 Å². The van der Waals surface area contributed by atoms with Gasteiger partial charge in [0.15, 0.2) is 6.61 Å². The van der Waals surface area contributed by atoms with Gasteiger partial charge in [-0.15, -0.1) is 0 Å². The fraction of sp³-hybridized carbons (Fsp3) is 0.250. The number of rotatable bonds is 8. The molecular weight excluding hydrogens is 270 g/mol. The molecule has 1 aromatic carbocycles. The molecule has 0 aliphatic carbocycles. The Kier molecular flexibility index (Phi) is 7.35. The number of hydrogen-bond acceptors (Lipinski definition) is 4. The van der Waals surface area contributed by atoms with Crippen molar-refractivity contribution in [1.29, 1.82) is 0 Å². The van der Waals surface area contributed by atoms with Gasteiger partial charge in [0, 0.05) is 12.6 Å². The van der Waals surface area contributed by atoms with Gasteiger partial charge in [0.05, 0.1) is 0 Å². The summed E-state index contributed by atoms with van der Waals surface area (Å²) in [5.74, 6) is -0.151. The van der Waals surface area contributed by atoms with Crippen molar-refractivity contribution in [1.82, 2.24) is 5.32 Å². The number of hydrogen-bond donors (Lipinski definition) is 1. The fourth-order valence-corrected chi connectivity index (χ4v) is 1.43. The third kappa shape index (κ3) is 6.96. The second kappa shape index (κ2) is 9.36. The maximum absolute atomic E-state index is 11.4. The summed E-state index contributed by atoms with van der Waals surface area (Å²) in [6.07, 6.45) is 4.55. The van der Waals surface area contributed by atoms with Crippen LogP contribution >= 0.6 is 0 Å². The highest BCUT2D eigenvalue weighted by Crippen LogP contribution is 2.13. The Morgan fingerprint density at radius 2 is 2.00 bits per heavy atom. The van der Waals surface area contributed by atoms with E-state index in [2.05, 4.69) is 11.9 Å². The molecule has 0 spiro atoms. The fourth-order valence-electron chi connectivity index (χ4n) is 1.43. The average Bonchev–Trinajstić information content (AvgIpc) is 2.50. The van der Waals surface area contributed by atoms with Crippen LogP contribution in [0.25, 0.3) is 6.08 Å². The average molecular weight is 289 g/mol. The van der Waals surface area contributed by atoms with Gasteiger partial charge in [-0.25, -0.2) is 4.79 Å². The van der Waals surface area contributed by atoms with Crippen molar-refractivity contribution in [2.24, 2.45) is 0 Å². The Hall–Kier alpha value is -2.56. The van der Waals surface area contributed by atoms with E-state index in [4.69, 9.17) is 9.47 Å². The third-order valence-electron chi connectivity index (χ3n) is 2.38. The van der Waals surface area contributed by atoms with Gasteiger partial charge in [-0.05, 0) is 30.7 Å². The van der Waals surface area contributed by atoms with Crippen molar-refractivity contribution >= 4 is 18.0 Å². The lowest BCUT2D eigenvalue weighted by molar-refractivity contribution is -0.143. The van der Waals surface area contributed by atoms with Gasteiger partial charge in [0.2, 0.25) is 0 Å². The molecule has 1 N–H and O–H groups in total. The predicted octanol–water partition coefficient (Wildman–Crippen LogP) is 1.94. The summed E-state index contributed by atoms with van der Waals surface area (Å²) in [4.78, 5) is 22.5. The summed E-state index contributed by atoms with van der Waals surface area (Å²) in [7, 11) is 0. The molecule has 5 nitrogen and oxygen atoms in total. The van der Waals surface area contributed by atoms with Crippen molar-refractivity contribution in [3.63, 3.8) is 0 Å². The molecule has 1 amide bonds. The van der Waals surface area contributed by atoms with Gasteiger partial charge >= 0.3 is 5.97 Å². The van der Waals surface area contributed by atoms with Crippen molar-refractivity contribution in [3.05, 3.63) is 48.6 Å². The Balaban J connectivity index is 2.42. The van der Waals surface area contributed by atoms with Crippen molar-refractivity contribution in [2.75, 3.05) is 19.8 Å². The molecule has 0 aliphatic heterocycles. The van der Waals surface area contributed by atoms with Crippen LogP contribution in [0, 0.1) is 0 Å². The molecule has 0 heterocycles. The molecular formula is C16H19NO4. The number of ether oxygens (including phenoxy) is 2. The molecule has 0 radical (unpaired) electrons. The van der Waals surface area contributed by atoms with E-state index >= 15 is 0 Å². The number of esters is 1. The molecule has 0 saturated heterocycles. The monoisotopic (exact) mass is 289 g/mol. The van der Waals surface area contributed by atoms with Crippen LogP contribution in [-0.2, 0) is 14.3 Å². The van der Waals surface area contributed by atoms with E-state index in [9.17, 15) is 9.59 Å². The van der Waals surface area contributed by atoms with Crippen molar-refractivity contribution < 1.29 is 19.1 Å². The number of likely N-dealkylation sites (N-methyl/N-ethyl adjacent to an activating group) is 1. The van der Waals surface area contributed by atoms with Crippen molar-refractivity contribution in [2.45, 2.75) is 6.92 Å². The molecule has 112 valence electrons. The van der Waals surface area contributed by atoms with Gasteiger partial charge in [-0.1, -0.05) is 24.8 Å². The van der Waals surface area contributed by atoms with Crippen LogP contribution in [0.4, 0.5) is 0 Å². The van der Waals surface area contributed by atoms with Crippen LogP contribution < -0.4 is 10.1 Å². The molecule has 0 unspecified atom stereocenters. The standard InChI is InChI=1S/C16H19NO4/c1-3-11-20-14-8-5-13(6-9-14)7-10-16(19)21-12-15(18)17-4-2/h3,5-10H,1,4,11-12H2,2H3,(H,17,18)/b10-7+. The first kappa shape index (κ1) is 16.5. The Morgan fingerprint density at radius 3 is 2.62 bits per heavy atom. The minimum absolute atomic E-state index is 0.272. The summed E-state index contributed by atoms with van der Waals surface area (Å²) in [5.41, 5.74) is 0.830. The van der Waals surface area contributed by atoms with E-state index in [1.807, 2.05) is 12.1 Å². The van der Waals surface area contributed by atoms with Crippen molar-refractivity contribution in [3.8, 4) is 5.75 Å². The molecule has 0 aromatic heterocycles. The smallest absolute Gasteiger partial charge is 0.331 e. The maximum atomic E-state index is 11.4. The molecule has 0 saturated carbocycles. The lowest BCUT2D eigenvalue weighted by atomic mass is 10.2. The SMILES string of the molecule is C=CCOc1ccc(/C=C/C(=O)OCC(=O)NCC)cc1. The number of benzene rings is 1. The van der Waals surface area contributed by atoms with Gasteiger partial charge in [0.1, 0.15) is 12.4 Å². The van der Waals surface area contributed by atoms with Crippen LogP contribution in [0.2, 0.25) is 0 Å². The molecule has 5 heteroatoms. The second-order valence-electron chi connectivity index (χ2n) is 4.06. The highest BCUT2D eigenvalue weighted by Gasteiger charge is 2.03. The summed E-state index contributed by atoms with van der Waals surface area (Å²) < 4.78 is 10.1. The van der Waals surface area contributed by atoms with Crippen LogP contribution in [-0.4, -0.2) is 31.6 Å². The lowest BCUT2D eigenvalue weighted by Gasteiger charge is -2.03. The van der Waals surface area contributed by atoms with Gasteiger partial charge < -0.3 is 14.8 Å². The summed E-state index contributed by atoms with van der Waals surface area (Å²) in [5, 5.41) is 2.54. The first-order chi connectivity index (χ1) is 10.2. The first-order valence-corrected chi connectivity index (χ1v) is 6.61. The minimum Gasteiger partial charge on any atom is -0.490 e. The number of carbonyl (C=O) groups excluding carboxylic acids is 2. The quantitative estimate of drug-likeness (QED) is 0.451. The van der Waals surface area contributed by atoms with Crippen LogP contribution in [0.1, 0.15) is 12.5 Å². The first-order valence-electron chi connectivity index (χ1n) is 6.61. The Bertz CT molecular complexity index is 506. The van der Waals surface area contributed by atoms with Gasteiger partial charge in [-0.2, -0.15) is 0 Å². The molecule has 1 aromatic rings. The molecule has 0 aliphatic rings. The zero-order chi connectivity index (χ0) is 15.5. The minimum atomic E-state index is -0.562. The molecule has 21 heavy (non-hydrogen) atoms. The molecule has 0 atom stereocenters. The molecule has 0 bridgehead atoms. The number of nitrogens with one attached hydrogen (secondary N) is 1. The number of amides is 1. The highest BCUT2D eigenvalue weighted by molar-refractivity contribution is 5.89. The summed E-state index contributed by atoms with van der Waals surface area (Å²) in [6.45, 7) is 6.04. The van der Waals surface area contributed by atoms with Gasteiger partial charge in [-0.3, -0.25) is 4.79 Å². The molecule has 0 fully saturated rings. The van der Waals surface area contributed by atoms with Crippen LogP contribution in [0.15, 0.2) is 43.0 Å². The van der Waals surface area contributed by atoms with Crippen LogP contribution in [0.5, 0.6) is 5.75 Å². The summed E-state index contributed by atoms with van der Waals surface area (Å²) in [6, 6.07) is 7.21. The number of carbonyl (C=O) groups is 2. The van der Waals surface area contributed by atoms with E-state index in [1.54, 1.807) is 31.2 Å². The zero-order valence-corrected chi connectivity index (χ0v) is 12.0. The van der Waals surface area contributed by atoms with E-state index in [-0.39, 0.29) is 12.5 Å². The largest absolute Gasteiger partial charge is 0.490 e.